The second kappa shape index (κ2) is 6.95. The predicted octanol–water partition coefficient (Wildman–Crippen LogP) is 1.68. The van der Waals surface area contributed by atoms with Crippen LogP contribution in [0, 0.1) is 0 Å². The van der Waals surface area contributed by atoms with E-state index in [1.165, 1.54) is 11.3 Å². The number of anilines is 1. The Labute approximate surface area is 103 Å². The van der Waals surface area contributed by atoms with Crippen LogP contribution in [0.4, 0.5) is 5.13 Å². The standard InChI is InChI=1S/C10H15N3O3S/c1-2-3-4-8-12-13-10(17-8)11-7(14)5-6-9(15)16/h2-6H2,1H3,(H,15,16)(H,11,13,14). The molecule has 0 atom stereocenters. The van der Waals surface area contributed by atoms with Crippen LogP contribution in [-0.2, 0) is 16.0 Å². The highest BCUT2D eigenvalue weighted by Gasteiger charge is 2.09. The molecule has 0 aromatic carbocycles. The molecule has 0 saturated carbocycles. The van der Waals surface area contributed by atoms with Crippen LogP contribution in [0.3, 0.4) is 0 Å². The summed E-state index contributed by atoms with van der Waals surface area (Å²) in [4.78, 5) is 21.6. The van der Waals surface area contributed by atoms with Crippen LogP contribution in [0.15, 0.2) is 0 Å². The van der Waals surface area contributed by atoms with Gasteiger partial charge in [-0.1, -0.05) is 24.7 Å². The summed E-state index contributed by atoms with van der Waals surface area (Å²) in [5.74, 6) is -1.33. The molecule has 2 N–H and O–H groups in total. The molecule has 0 saturated heterocycles. The number of carbonyl (C=O) groups is 2. The van der Waals surface area contributed by atoms with Crippen LogP contribution in [0.1, 0.15) is 37.6 Å². The van der Waals surface area contributed by atoms with E-state index >= 15 is 0 Å². The van der Waals surface area contributed by atoms with Gasteiger partial charge in [-0.15, -0.1) is 10.2 Å². The summed E-state index contributed by atoms with van der Waals surface area (Å²) in [6.07, 6.45) is 2.77. The fourth-order valence-electron chi connectivity index (χ4n) is 1.14. The van der Waals surface area contributed by atoms with E-state index in [-0.39, 0.29) is 18.7 Å². The Bertz CT molecular complexity index is 392. The molecule has 1 aromatic rings. The van der Waals surface area contributed by atoms with Crippen molar-refractivity contribution in [1.82, 2.24) is 10.2 Å². The lowest BCUT2D eigenvalue weighted by Gasteiger charge is -1.97. The smallest absolute Gasteiger partial charge is 0.303 e. The summed E-state index contributed by atoms with van der Waals surface area (Å²) >= 11 is 1.33. The Kier molecular flexibility index (Phi) is 5.55. The first kappa shape index (κ1) is 13.6. The first-order valence-electron chi connectivity index (χ1n) is 5.46. The lowest BCUT2D eigenvalue weighted by Crippen LogP contribution is -2.12. The largest absolute Gasteiger partial charge is 0.481 e. The first-order valence-corrected chi connectivity index (χ1v) is 6.27. The monoisotopic (exact) mass is 257 g/mol. The molecule has 6 nitrogen and oxygen atoms in total. The van der Waals surface area contributed by atoms with Crippen molar-refractivity contribution in [1.29, 1.82) is 0 Å². The number of hydrogen-bond acceptors (Lipinski definition) is 5. The van der Waals surface area contributed by atoms with Crippen LogP contribution in [0.2, 0.25) is 0 Å². The number of carboxylic acids is 1. The lowest BCUT2D eigenvalue weighted by atomic mass is 10.3. The summed E-state index contributed by atoms with van der Waals surface area (Å²) in [6, 6.07) is 0. The van der Waals surface area contributed by atoms with E-state index in [9.17, 15) is 9.59 Å². The van der Waals surface area contributed by atoms with Crippen molar-refractivity contribution in [3.05, 3.63) is 5.01 Å². The van der Waals surface area contributed by atoms with Gasteiger partial charge in [0, 0.05) is 12.8 Å². The van der Waals surface area contributed by atoms with Crippen LogP contribution in [0.25, 0.3) is 0 Å². The van der Waals surface area contributed by atoms with Crippen molar-refractivity contribution in [3.63, 3.8) is 0 Å². The second-order valence-electron chi connectivity index (χ2n) is 3.55. The summed E-state index contributed by atoms with van der Waals surface area (Å²) < 4.78 is 0. The SMILES string of the molecule is CCCCc1nnc(NC(=O)CCC(=O)O)s1. The minimum Gasteiger partial charge on any atom is -0.481 e. The fourth-order valence-corrected chi connectivity index (χ4v) is 1.93. The third kappa shape index (κ3) is 5.39. The fraction of sp³-hybridized carbons (Fsp3) is 0.600. The Morgan fingerprint density at radius 1 is 1.35 bits per heavy atom. The molecule has 0 radical (unpaired) electrons. The van der Waals surface area contributed by atoms with Gasteiger partial charge in [0.15, 0.2) is 0 Å². The minimum atomic E-state index is -0.985. The van der Waals surface area contributed by atoms with Crippen LogP contribution < -0.4 is 5.32 Å². The topological polar surface area (TPSA) is 92.2 Å². The molecular weight excluding hydrogens is 242 g/mol. The van der Waals surface area contributed by atoms with Crippen molar-refractivity contribution in [2.45, 2.75) is 39.0 Å². The normalized spacial score (nSPS) is 10.2. The van der Waals surface area contributed by atoms with Gasteiger partial charge in [-0.3, -0.25) is 9.59 Å². The predicted molar refractivity (Wildman–Crippen MR) is 64.0 cm³/mol. The van der Waals surface area contributed by atoms with Gasteiger partial charge in [0.05, 0.1) is 6.42 Å². The highest BCUT2D eigenvalue weighted by molar-refractivity contribution is 7.15. The summed E-state index contributed by atoms with van der Waals surface area (Å²) in [7, 11) is 0. The number of aliphatic carboxylic acids is 1. The van der Waals surface area contributed by atoms with Gasteiger partial charge >= 0.3 is 5.97 Å². The van der Waals surface area contributed by atoms with Gasteiger partial charge in [-0.25, -0.2) is 0 Å². The average Bonchev–Trinajstić information content (AvgIpc) is 2.71. The Hall–Kier alpha value is -1.50. The number of nitrogens with zero attached hydrogens (tertiary/aromatic N) is 2. The van der Waals surface area contributed by atoms with E-state index in [0.717, 1.165) is 24.3 Å². The summed E-state index contributed by atoms with van der Waals surface area (Å²) in [5.41, 5.74) is 0. The number of carbonyl (C=O) groups excluding carboxylic acids is 1. The van der Waals surface area contributed by atoms with Gasteiger partial charge in [-0.2, -0.15) is 0 Å². The van der Waals surface area contributed by atoms with Gasteiger partial charge in [0.2, 0.25) is 11.0 Å². The minimum absolute atomic E-state index is 0.0425. The molecule has 0 aliphatic heterocycles. The lowest BCUT2D eigenvalue weighted by molar-refractivity contribution is -0.138. The zero-order valence-electron chi connectivity index (χ0n) is 9.60. The van der Waals surface area contributed by atoms with Crippen molar-refractivity contribution in [2.24, 2.45) is 0 Å². The molecule has 17 heavy (non-hydrogen) atoms. The van der Waals surface area contributed by atoms with Crippen LogP contribution in [0.5, 0.6) is 0 Å². The molecule has 7 heteroatoms. The number of hydrogen-bond donors (Lipinski definition) is 2. The molecule has 1 heterocycles. The van der Waals surface area contributed by atoms with Crippen molar-refractivity contribution < 1.29 is 14.7 Å². The van der Waals surface area contributed by atoms with E-state index in [4.69, 9.17) is 5.11 Å². The first-order chi connectivity index (χ1) is 8.11. The van der Waals surface area contributed by atoms with Gasteiger partial charge in [0.25, 0.3) is 0 Å². The molecule has 1 aromatic heterocycles. The maximum Gasteiger partial charge on any atom is 0.303 e. The molecule has 1 rings (SSSR count). The van der Waals surface area contributed by atoms with E-state index in [2.05, 4.69) is 22.4 Å². The summed E-state index contributed by atoms with van der Waals surface area (Å²) in [5, 5.41) is 20.1. The Morgan fingerprint density at radius 3 is 2.76 bits per heavy atom. The molecule has 1 amide bonds. The maximum absolute atomic E-state index is 11.3. The second-order valence-corrected chi connectivity index (χ2v) is 4.61. The van der Waals surface area contributed by atoms with Crippen molar-refractivity contribution in [3.8, 4) is 0 Å². The third-order valence-electron chi connectivity index (χ3n) is 2.02. The van der Waals surface area contributed by atoms with Gasteiger partial charge in [-0.05, 0) is 6.42 Å². The molecular formula is C10H15N3O3S. The average molecular weight is 257 g/mol. The number of nitrogens with one attached hydrogen (secondary N) is 1. The quantitative estimate of drug-likeness (QED) is 0.775. The number of rotatable bonds is 7. The Balaban J connectivity index is 2.37. The van der Waals surface area contributed by atoms with Crippen molar-refractivity contribution >= 4 is 28.3 Å². The molecule has 0 aliphatic carbocycles. The molecule has 0 aliphatic rings. The van der Waals surface area contributed by atoms with E-state index < -0.39 is 5.97 Å². The maximum atomic E-state index is 11.3. The van der Waals surface area contributed by atoms with Gasteiger partial charge < -0.3 is 10.4 Å². The van der Waals surface area contributed by atoms with E-state index in [1.807, 2.05) is 0 Å². The van der Waals surface area contributed by atoms with Gasteiger partial charge in [0.1, 0.15) is 5.01 Å². The zero-order valence-corrected chi connectivity index (χ0v) is 10.4. The third-order valence-corrected chi connectivity index (χ3v) is 2.92. The highest BCUT2D eigenvalue weighted by atomic mass is 32.1. The van der Waals surface area contributed by atoms with Crippen molar-refractivity contribution in [2.75, 3.05) is 5.32 Å². The molecule has 0 bridgehead atoms. The number of unbranched alkanes of at least 4 members (excludes halogenated alkanes) is 1. The molecule has 0 unspecified atom stereocenters. The van der Waals surface area contributed by atoms with Crippen LogP contribution >= 0.6 is 11.3 Å². The molecule has 94 valence electrons. The number of aromatic nitrogens is 2. The molecule has 0 spiro atoms. The summed E-state index contributed by atoms with van der Waals surface area (Å²) in [6.45, 7) is 2.09. The number of amides is 1. The number of carboxylic acid groups (broad SMARTS) is 1. The Morgan fingerprint density at radius 2 is 2.12 bits per heavy atom. The number of aryl methyl sites for hydroxylation is 1. The zero-order chi connectivity index (χ0) is 12.7. The van der Waals surface area contributed by atoms with Crippen LogP contribution in [-0.4, -0.2) is 27.2 Å². The highest BCUT2D eigenvalue weighted by Crippen LogP contribution is 2.17. The molecule has 0 fully saturated rings. The van der Waals surface area contributed by atoms with E-state index in [0.29, 0.717) is 5.13 Å². The van der Waals surface area contributed by atoms with E-state index in [1.54, 1.807) is 0 Å².